The summed E-state index contributed by atoms with van der Waals surface area (Å²) in [6.45, 7) is 4.07. The first-order chi connectivity index (χ1) is 14.1. The molecule has 5 aromatic rings. The van der Waals surface area contributed by atoms with Gasteiger partial charge in [0, 0.05) is 16.2 Å². The van der Waals surface area contributed by atoms with E-state index in [1.54, 1.807) is 10.9 Å². The van der Waals surface area contributed by atoms with E-state index >= 15 is 0 Å². The van der Waals surface area contributed by atoms with Crippen molar-refractivity contribution in [3.8, 4) is 5.69 Å². The van der Waals surface area contributed by atoms with E-state index in [2.05, 4.69) is 27.8 Å². The maximum Gasteiger partial charge on any atom is 0.265 e. The lowest BCUT2D eigenvalue weighted by Gasteiger charge is -2.12. The van der Waals surface area contributed by atoms with Crippen molar-refractivity contribution in [1.82, 2.24) is 24.1 Å². The monoisotopic (exact) mass is 447 g/mol. The summed E-state index contributed by atoms with van der Waals surface area (Å²) in [6, 6.07) is 15.6. The molecule has 0 spiro atoms. The second kappa shape index (κ2) is 6.77. The molecule has 0 fully saturated rings. The molecular weight excluding hydrogens is 430 g/mol. The largest absolute Gasteiger partial charge is 0.296 e. The van der Waals surface area contributed by atoms with Crippen molar-refractivity contribution < 1.29 is 0 Å². The molecule has 0 aliphatic rings. The second-order valence-electron chi connectivity index (χ2n) is 7.11. The van der Waals surface area contributed by atoms with Gasteiger partial charge in [-0.25, -0.2) is 15.0 Å². The zero-order valence-corrected chi connectivity index (χ0v) is 17.6. The van der Waals surface area contributed by atoms with Crippen molar-refractivity contribution >= 4 is 49.2 Å². The highest BCUT2D eigenvalue weighted by Crippen LogP contribution is 2.29. The number of fused-ring (bicyclic) bond motifs is 4. The standard InChI is InChI=1S/C22H18BrN5O/c1-3-13(2)27-12-24-20-18(22(27)29)19-21(26-17-7-5-4-6-16(17)25-19)28(20)15-10-8-14(23)9-11-15/h4-13H,3H2,1-2H3/t13-/m0/s1. The summed E-state index contributed by atoms with van der Waals surface area (Å²) in [5, 5.41) is 0.504. The smallest absolute Gasteiger partial charge is 0.265 e. The Morgan fingerprint density at radius 1 is 1.00 bits per heavy atom. The van der Waals surface area contributed by atoms with Crippen molar-refractivity contribution in [2.75, 3.05) is 0 Å². The molecule has 0 aliphatic heterocycles. The molecule has 29 heavy (non-hydrogen) atoms. The molecule has 144 valence electrons. The fourth-order valence-electron chi connectivity index (χ4n) is 3.60. The highest BCUT2D eigenvalue weighted by atomic mass is 79.9. The van der Waals surface area contributed by atoms with E-state index in [9.17, 15) is 4.79 Å². The highest BCUT2D eigenvalue weighted by molar-refractivity contribution is 9.10. The minimum Gasteiger partial charge on any atom is -0.296 e. The molecule has 7 heteroatoms. The molecule has 1 atom stereocenters. The lowest BCUT2D eigenvalue weighted by Crippen LogP contribution is -2.23. The maximum atomic E-state index is 13.4. The van der Waals surface area contributed by atoms with Crippen LogP contribution in [0.5, 0.6) is 0 Å². The van der Waals surface area contributed by atoms with Crippen LogP contribution in [0.2, 0.25) is 0 Å². The molecule has 5 rings (SSSR count). The second-order valence-corrected chi connectivity index (χ2v) is 8.02. The van der Waals surface area contributed by atoms with Gasteiger partial charge in [0.25, 0.3) is 5.56 Å². The van der Waals surface area contributed by atoms with Gasteiger partial charge < -0.3 is 0 Å². The zero-order chi connectivity index (χ0) is 20.1. The Labute approximate surface area is 175 Å². The Morgan fingerprint density at radius 3 is 2.38 bits per heavy atom. The summed E-state index contributed by atoms with van der Waals surface area (Å²) < 4.78 is 4.58. The fourth-order valence-corrected chi connectivity index (χ4v) is 3.86. The third kappa shape index (κ3) is 2.76. The van der Waals surface area contributed by atoms with Crippen molar-refractivity contribution in [3.05, 3.63) is 69.7 Å². The van der Waals surface area contributed by atoms with Crippen LogP contribution in [0.1, 0.15) is 26.3 Å². The molecule has 0 bridgehead atoms. The van der Waals surface area contributed by atoms with Crippen LogP contribution >= 0.6 is 15.9 Å². The van der Waals surface area contributed by atoms with Crippen LogP contribution in [0.3, 0.4) is 0 Å². The highest BCUT2D eigenvalue weighted by Gasteiger charge is 2.21. The van der Waals surface area contributed by atoms with Gasteiger partial charge in [-0.2, -0.15) is 0 Å². The molecule has 3 aromatic heterocycles. The van der Waals surface area contributed by atoms with E-state index in [0.717, 1.165) is 27.6 Å². The van der Waals surface area contributed by atoms with Gasteiger partial charge in [-0.05, 0) is 49.7 Å². The van der Waals surface area contributed by atoms with Crippen molar-refractivity contribution in [2.24, 2.45) is 0 Å². The van der Waals surface area contributed by atoms with E-state index in [4.69, 9.17) is 9.97 Å². The van der Waals surface area contributed by atoms with Crippen LogP contribution in [0.15, 0.2) is 64.1 Å². The van der Waals surface area contributed by atoms with Gasteiger partial charge in [0.05, 0.1) is 11.0 Å². The Morgan fingerprint density at radius 2 is 1.69 bits per heavy atom. The predicted octanol–water partition coefficient (Wildman–Crippen LogP) is 5.02. The summed E-state index contributed by atoms with van der Waals surface area (Å²) in [5.41, 5.74) is 4.11. The average Bonchev–Trinajstić information content (AvgIpc) is 3.06. The number of para-hydroxylation sites is 2. The first-order valence-electron chi connectivity index (χ1n) is 9.52. The summed E-state index contributed by atoms with van der Waals surface area (Å²) in [6.07, 6.45) is 2.47. The molecule has 0 aliphatic carbocycles. The van der Waals surface area contributed by atoms with Gasteiger partial charge >= 0.3 is 0 Å². The number of nitrogens with zero attached hydrogens (tertiary/aromatic N) is 5. The Kier molecular flexibility index (Phi) is 4.20. The van der Waals surface area contributed by atoms with Gasteiger partial charge in [-0.15, -0.1) is 0 Å². The van der Waals surface area contributed by atoms with E-state index in [0.29, 0.717) is 22.2 Å². The topological polar surface area (TPSA) is 65.6 Å². The number of halogens is 1. The van der Waals surface area contributed by atoms with E-state index < -0.39 is 0 Å². The molecule has 0 unspecified atom stereocenters. The summed E-state index contributed by atoms with van der Waals surface area (Å²) in [7, 11) is 0. The molecule has 0 N–H and O–H groups in total. The van der Waals surface area contributed by atoms with E-state index in [1.807, 2.05) is 60.0 Å². The third-order valence-electron chi connectivity index (χ3n) is 5.34. The number of aromatic nitrogens is 5. The predicted molar refractivity (Wildman–Crippen MR) is 119 cm³/mol. The first-order valence-corrected chi connectivity index (χ1v) is 10.3. The molecule has 0 radical (unpaired) electrons. The van der Waals surface area contributed by atoms with E-state index in [-0.39, 0.29) is 11.6 Å². The normalized spacial score (nSPS) is 12.8. The molecular formula is C22H18BrN5O. The Hall–Kier alpha value is -3.06. The molecule has 0 amide bonds. The quantitative estimate of drug-likeness (QED) is 0.389. The van der Waals surface area contributed by atoms with Crippen LogP contribution in [0.25, 0.3) is 38.9 Å². The number of hydrogen-bond donors (Lipinski definition) is 0. The number of rotatable bonds is 3. The SMILES string of the molecule is CC[C@H](C)n1cnc2c(c1=O)c1nc3ccccc3nc1n2-c1ccc(Br)cc1. The Bertz CT molecular complexity index is 1440. The molecule has 2 aromatic carbocycles. The van der Waals surface area contributed by atoms with E-state index in [1.165, 1.54) is 0 Å². The van der Waals surface area contributed by atoms with Crippen molar-refractivity contribution in [3.63, 3.8) is 0 Å². The zero-order valence-electron chi connectivity index (χ0n) is 16.0. The molecule has 0 saturated carbocycles. The number of benzene rings is 2. The van der Waals surface area contributed by atoms with Gasteiger partial charge in [0.2, 0.25) is 0 Å². The molecule has 3 heterocycles. The summed E-state index contributed by atoms with van der Waals surface area (Å²) in [5.74, 6) is 0. The van der Waals surface area contributed by atoms with Gasteiger partial charge in [-0.1, -0.05) is 35.0 Å². The fraction of sp³-hybridized carbons (Fsp3) is 0.182. The summed E-state index contributed by atoms with van der Waals surface area (Å²) >= 11 is 3.48. The van der Waals surface area contributed by atoms with Gasteiger partial charge in [-0.3, -0.25) is 13.9 Å². The van der Waals surface area contributed by atoms with Crippen LogP contribution in [0, 0.1) is 0 Å². The van der Waals surface area contributed by atoms with Crippen LogP contribution in [0.4, 0.5) is 0 Å². The van der Waals surface area contributed by atoms with Gasteiger partial charge in [0.15, 0.2) is 11.3 Å². The van der Waals surface area contributed by atoms with Crippen molar-refractivity contribution in [1.29, 1.82) is 0 Å². The number of hydrogen-bond acceptors (Lipinski definition) is 4. The molecule has 0 saturated heterocycles. The van der Waals surface area contributed by atoms with Crippen molar-refractivity contribution in [2.45, 2.75) is 26.3 Å². The third-order valence-corrected chi connectivity index (χ3v) is 5.87. The first kappa shape index (κ1) is 18.0. The van der Waals surface area contributed by atoms with Crippen LogP contribution in [-0.4, -0.2) is 24.1 Å². The lowest BCUT2D eigenvalue weighted by atomic mass is 10.2. The minimum atomic E-state index is -0.0882. The summed E-state index contributed by atoms with van der Waals surface area (Å²) in [4.78, 5) is 27.7. The van der Waals surface area contributed by atoms with Crippen LogP contribution in [-0.2, 0) is 0 Å². The Balaban J connectivity index is 1.98. The lowest BCUT2D eigenvalue weighted by molar-refractivity contribution is 0.510. The van der Waals surface area contributed by atoms with Gasteiger partial charge in [0.1, 0.15) is 17.2 Å². The average molecular weight is 448 g/mol. The maximum absolute atomic E-state index is 13.4. The van der Waals surface area contributed by atoms with Crippen LogP contribution < -0.4 is 5.56 Å². The molecule has 6 nitrogen and oxygen atoms in total. The minimum absolute atomic E-state index is 0.0545.